The van der Waals surface area contributed by atoms with Crippen LogP contribution in [0.1, 0.15) is 13.3 Å². The van der Waals surface area contributed by atoms with Crippen LogP contribution in [0.2, 0.25) is 0 Å². The maximum Gasteiger partial charge on any atom is 0.324 e. The number of nitrogens with one attached hydrogen (secondary N) is 1. The minimum Gasteiger partial charge on any atom is -0.468 e. The maximum atomic E-state index is 11.6. The summed E-state index contributed by atoms with van der Waals surface area (Å²) in [6.07, 6.45) is -0.103. The van der Waals surface area contributed by atoms with E-state index >= 15 is 0 Å². The molecule has 1 amide bonds. The SMILES string of the molecule is COC(=O)C1CN(C(=O)CC(C)=O)CCN1. The van der Waals surface area contributed by atoms with Crippen LogP contribution in [0.4, 0.5) is 0 Å². The van der Waals surface area contributed by atoms with Crippen LogP contribution in [0.25, 0.3) is 0 Å². The van der Waals surface area contributed by atoms with Gasteiger partial charge in [0.2, 0.25) is 5.91 Å². The first kappa shape index (κ1) is 12.6. The third-order valence-electron chi connectivity index (χ3n) is 2.41. The maximum absolute atomic E-state index is 11.6. The lowest BCUT2D eigenvalue weighted by Gasteiger charge is -2.32. The fourth-order valence-electron chi connectivity index (χ4n) is 1.60. The molecule has 6 nitrogen and oxygen atoms in total. The average Bonchev–Trinajstić information content (AvgIpc) is 2.27. The highest BCUT2D eigenvalue weighted by atomic mass is 16.5. The summed E-state index contributed by atoms with van der Waals surface area (Å²) in [4.78, 5) is 35.2. The number of nitrogens with zero attached hydrogens (tertiary/aromatic N) is 1. The van der Waals surface area contributed by atoms with Crippen LogP contribution in [0.5, 0.6) is 0 Å². The Bertz CT molecular complexity index is 303. The number of piperazine rings is 1. The molecule has 0 spiro atoms. The molecule has 1 aliphatic rings. The Morgan fingerprint density at radius 2 is 2.12 bits per heavy atom. The fourth-order valence-corrected chi connectivity index (χ4v) is 1.60. The van der Waals surface area contributed by atoms with E-state index in [1.54, 1.807) is 0 Å². The molecule has 0 aromatic rings. The van der Waals surface area contributed by atoms with E-state index < -0.39 is 6.04 Å². The number of methoxy groups -OCH3 is 1. The number of rotatable bonds is 3. The molecule has 0 saturated carbocycles. The van der Waals surface area contributed by atoms with Crippen LogP contribution in [0.3, 0.4) is 0 Å². The minimum absolute atomic E-state index is 0.103. The summed E-state index contributed by atoms with van der Waals surface area (Å²) in [6, 6.07) is -0.491. The van der Waals surface area contributed by atoms with Crippen molar-refractivity contribution in [2.24, 2.45) is 0 Å². The van der Waals surface area contributed by atoms with E-state index in [4.69, 9.17) is 0 Å². The molecule has 1 aliphatic heterocycles. The summed E-state index contributed by atoms with van der Waals surface area (Å²) in [6.45, 7) is 2.68. The largest absolute Gasteiger partial charge is 0.468 e. The van der Waals surface area contributed by atoms with E-state index in [1.807, 2.05) is 0 Å². The topological polar surface area (TPSA) is 75.7 Å². The molecular formula is C10H16N2O4. The Morgan fingerprint density at radius 1 is 1.44 bits per heavy atom. The minimum atomic E-state index is -0.491. The molecule has 0 aromatic heterocycles. The summed E-state index contributed by atoms with van der Waals surface area (Å²) in [5.41, 5.74) is 0. The lowest BCUT2D eigenvalue weighted by atomic mass is 10.2. The van der Waals surface area contributed by atoms with Crippen LogP contribution in [0.15, 0.2) is 0 Å². The number of ketones is 1. The van der Waals surface area contributed by atoms with Gasteiger partial charge in [0.1, 0.15) is 11.8 Å². The van der Waals surface area contributed by atoms with Gasteiger partial charge in [-0.15, -0.1) is 0 Å². The third-order valence-corrected chi connectivity index (χ3v) is 2.41. The van der Waals surface area contributed by atoms with Gasteiger partial charge in [0, 0.05) is 19.6 Å². The molecule has 6 heteroatoms. The van der Waals surface area contributed by atoms with Gasteiger partial charge in [-0.25, -0.2) is 0 Å². The second-order valence-electron chi connectivity index (χ2n) is 3.75. The Balaban J connectivity index is 2.53. The molecule has 0 aliphatic carbocycles. The zero-order valence-electron chi connectivity index (χ0n) is 9.49. The van der Waals surface area contributed by atoms with E-state index in [0.29, 0.717) is 13.1 Å². The number of hydrogen-bond donors (Lipinski definition) is 1. The molecule has 1 atom stereocenters. The van der Waals surface area contributed by atoms with Gasteiger partial charge < -0.3 is 15.0 Å². The van der Waals surface area contributed by atoms with Gasteiger partial charge >= 0.3 is 5.97 Å². The molecule has 1 N–H and O–H groups in total. The van der Waals surface area contributed by atoms with Gasteiger partial charge in [-0.3, -0.25) is 14.4 Å². The van der Waals surface area contributed by atoms with Crippen LogP contribution < -0.4 is 5.32 Å². The highest BCUT2D eigenvalue weighted by Crippen LogP contribution is 2.03. The van der Waals surface area contributed by atoms with Crippen molar-refractivity contribution >= 4 is 17.7 Å². The van der Waals surface area contributed by atoms with Crippen molar-refractivity contribution in [2.45, 2.75) is 19.4 Å². The highest BCUT2D eigenvalue weighted by Gasteiger charge is 2.28. The summed E-state index contributed by atoms with van der Waals surface area (Å²) < 4.78 is 4.59. The van der Waals surface area contributed by atoms with Crippen LogP contribution >= 0.6 is 0 Å². The predicted molar refractivity (Wildman–Crippen MR) is 55.7 cm³/mol. The van der Waals surface area contributed by atoms with Crippen molar-refractivity contribution in [1.29, 1.82) is 0 Å². The molecule has 0 radical (unpaired) electrons. The van der Waals surface area contributed by atoms with Crippen LogP contribution in [0, 0.1) is 0 Å². The lowest BCUT2D eigenvalue weighted by molar-refractivity contribution is -0.145. The first-order valence-corrected chi connectivity index (χ1v) is 5.13. The summed E-state index contributed by atoms with van der Waals surface area (Å²) in [7, 11) is 1.31. The molecule has 0 bridgehead atoms. The van der Waals surface area contributed by atoms with Crippen molar-refractivity contribution in [3.05, 3.63) is 0 Å². The molecule has 16 heavy (non-hydrogen) atoms. The molecule has 0 aromatic carbocycles. The molecular weight excluding hydrogens is 212 g/mol. The van der Waals surface area contributed by atoms with E-state index in [9.17, 15) is 14.4 Å². The quantitative estimate of drug-likeness (QED) is 0.492. The molecule has 1 saturated heterocycles. The zero-order valence-corrected chi connectivity index (χ0v) is 9.49. The van der Waals surface area contributed by atoms with E-state index in [1.165, 1.54) is 18.9 Å². The van der Waals surface area contributed by atoms with Crippen molar-refractivity contribution in [3.63, 3.8) is 0 Å². The van der Waals surface area contributed by atoms with Gasteiger partial charge in [0.05, 0.1) is 13.5 Å². The lowest BCUT2D eigenvalue weighted by Crippen LogP contribution is -2.56. The molecule has 1 unspecified atom stereocenters. The summed E-state index contributed by atoms with van der Waals surface area (Å²) in [5.74, 6) is -0.790. The molecule has 1 rings (SSSR count). The van der Waals surface area contributed by atoms with E-state index in [-0.39, 0.29) is 30.6 Å². The van der Waals surface area contributed by atoms with Crippen molar-refractivity contribution in [2.75, 3.05) is 26.7 Å². The monoisotopic (exact) mass is 228 g/mol. The zero-order chi connectivity index (χ0) is 12.1. The normalized spacial score (nSPS) is 20.4. The van der Waals surface area contributed by atoms with Crippen LogP contribution in [-0.4, -0.2) is 55.3 Å². The van der Waals surface area contributed by atoms with E-state index in [0.717, 1.165) is 0 Å². The Kier molecular flexibility index (Phi) is 4.42. The second-order valence-corrected chi connectivity index (χ2v) is 3.75. The second kappa shape index (κ2) is 5.60. The Hall–Kier alpha value is -1.43. The number of carbonyl (C=O) groups excluding carboxylic acids is 3. The predicted octanol–water partition coefficient (Wildman–Crippen LogP) is -1.06. The highest BCUT2D eigenvalue weighted by molar-refractivity contribution is 5.97. The van der Waals surface area contributed by atoms with Gasteiger partial charge in [0.15, 0.2) is 0 Å². The Morgan fingerprint density at radius 3 is 2.69 bits per heavy atom. The number of carbonyl (C=O) groups is 3. The third kappa shape index (κ3) is 3.30. The number of amides is 1. The number of esters is 1. The Labute approximate surface area is 93.9 Å². The molecule has 1 heterocycles. The summed E-state index contributed by atoms with van der Waals surface area (Å²) in [5, 5.41) is 2.95. The first-order valence-electron chi connectivity index (χ1n) is 5.13. The van der Waals surface area contributed by atoms with Crippen molar-refractivity contribution in [1.82, 2.24) is 10.2 Å². The number of hydrogen-bond acceptors (Lipinski definition) is 5. The number of Topliss-reactive ketones (excluding diaryl/α,β-unsaturated/α-hetero) is 1. The average molecular weight is 228 g/mol. The van der Waals surface area contributed by atoms with E-state index in [2.05, 4.69) is 10.1 Å². The van der Waals surface area contributed by atoms with Gasteiger partial charge in [-0.05, 0) is 6.92 Å². The summed E-state index contributed by atoms with van der Waals surface area (Å²) >= 11 is 0. The first-order chi connectivity index (χ1) is 7.54. The van der Waals surface area contributed by atoms with Crippen LogP contribution in [-0.2, 0) is 19.1 Å². The van der Waals surface area contributed by atoms with Gasteiger partial charge in [-0.1, -0.05) is 0 Å². The van der Waals surface area contributed by atoms with Gasteiger partial charge in [-0.2, -0.15) is 0 Å². The fraction of sp³-hybridized carbons (Fsp3) is 0.700. The standard InChI is InChI=1S/C10H16N2O4/c1-7(13)5-9(14)12-4-3-11-8(6-12)10(15)16-2/h8,11H,3-6H2,1-2H3. The van der Waals surface area contributed by atoms with Crippen molar-refractivity contribution in [3.8, 4) is 0 Å². The smallest absolute Gasteiger partial charge is 0.324 e. The van der Waals surface area contributed by atoms with Gasteiger partial charge in [0.25, 0.3) is 0 Å². The number of ether oxygens (including phenoxy) is 1. The molecule has 1 fully saturated rings. The molecule has 90 valence electrons. The van der Waals surface area contributed by atoms with Crippen molar-refractivity contribution < 1.29 is 19.1 Å².